The molecule has 0 radical (unpaired) electrons. The number of ether oxygens (including phenoxy) is 1. The molecule has 1 heterocycles. The van der Waals surface area contributed by atoms with Crippen LogP contribution in [0.1, 0.15) is 72.9 Å². The van der Waals surface area contributed by atoms with Gasteiger partial charge in [0.15, 0.2) is 0 Å². The van der Waals surface area contributed by atoms with E-state index in [0.717, 1.165) is 40.7 Å². The number of hydrogen-bond donors (Lipinski definition) is 0. The smallest absolute Gasteiger partial charge is 0.145 e. The van der Waals surface area contributed by atoms with Crippen molar-refractivity contribution < 1.29 is 4.74 Å². The lowest BCUT2D eigenvalue weighted by Gasteiger charge is -2.22. The normalized spacial score (nSPS) is 15.8. The first-order chi connectivity index (χ1) is 15.0. The maximum atomic E-state index is 6.27. The minimum Gasteiger partial charge on any atom is -0.454 e. The molecule has 0 atom stereocenters. The Hall–Kier alpha value is -2.94. The van der Waals surface area contributed by atoms with E-state index in [1.54, 1.807) is 0 Å². The Morgan fingerprint density at radius 3 is 1.41 bits per heavy atom. The highest BCUT2D eigenvalue weighted by molar-refractivity contribution is 6.02. The van der Waals surface area contributed by atoms with Crippen molar-refractivity contribution in [3.63, 3.8) is 0 Å². The Morgan fingerprint density at radius 1 is 0.656 bits per heavy atom. The third kappa shape index (κ3) is 5.64. The lowest BCUT2D eigenvalue weighted by molar-refractivity contribution is 0.343. The predicted octanol–water partition coefficient (Wildman–Crippen LogP) is 8.35. The van der Waals surface area contributed by atoms with Gasteiger partial charge in [-0.2, -0.15) is 0 Å². The minimum absolute atomic E-state index is 0.0247. The van der Waals surface area contributed by atoms with Gasteiger partial charge in [0.2, 0.25) is 0 Å². The van der Waals surface area contributed by atoms with E-state index < -0.39 is 0 Å². The summed E-state index contributed by atoms with van der Waals surface area (Å²) in [6.07, 6.45) is 4.96. The Bertz CT molecular complexity index is 1010. The maximum absolute atomic E-state index is 6.27. The highest BCUT2D eigenvalue weighted by Gasteiger charge is 2.20. The second-order valence-corrected chi connectivity index (χ2v) is 10.4. The van der Waals surface area contributed by atoms with E-state index in [1.165, 1.54) is 11.1 Å². The fourth-order valence-electron chi connectivity index (χ4n) is 3.80. The number of aliphatic imine (C=N–C) groups is 2. The van der Waals surface area contributed by atoms with Crippen molar-refractivity contribution in [2.75, 3.05) is 0 Å². The molecule has 3 rings (SSSR count). The van der Waals surface area contributed by atoms with E-state index >= 15 is 0 Å². The van der Waals surface area contributed by atoms with Gasteiger partial charge in [0.1, 0.15) is 11.5 Å². The number of nitrogens with zero attached hydrogens (tertiary/aromatic N) is 2. The molecule has 0 spiro atoms. The lowest BCUT2D eigenvalue weighted by atomic mass is 9.86. The molecule has 0 fully saturated rings. The SMILES string of the molecule is C/C(=N\c1ccccc1C(C)(C)C)C1=CCC=C(/C(C)=N/c2ccccc2C(C)(C)C)O1. The molecular formula is C29H36N2O. The van der Waals surface area contributed by atoms with Crippen LogP contribution in [-0.2, 0) is 15.6 Å². The molecule has 0 aromatic heterocycles. The number of benzene rings is 2. The molecule has 1 aliphatic rings. The molecule has 0 unspecified atom stereocenters. The van der Waals surface area contributed by atoms with E-state index in [9.17, 15) is 0 Å². The molecule has 1 aliphatic heterocycles. The van der Waals surface area contributed by atoms with Crippen molar-refractivity contribution in [2.24, 2.45) is 9.98 Å². The lowest BCUT2D eigenvalue weighted by Crippen LogP contribution is -2.13. The minimum atomic E-state index is 0.0247. The van der Waals surface area contributed by atoms with Gasteiger partial charge in [-0.1, -0.05) is 77.9 Å². The van der Waals surface area contributed by atoms with Gasteiger partial charge in [0.25, 0.3) is 0 Å². The van der Waals surface area contributed by atoms with E-state index in [0.29, 0.717) is 0 Å². The second kappa shape index (κ2) is 9.28. The molecule has 0 N–H and O–H groups in total. The number of hydrogen-bond acceptors (Lipinski definition) is 3. The van der Waals surface area contributed by atoms with Crippen molar-refractivity contribution in [1.29, 1.82) is 0 Å². The van der Waals surface area contributed by atoms with Gasteiger partial charge in [0, 0.05) is 0 Å². The van der Waals surface area contributed by atoms with Crippen LogP contribution in [0.15, 0.2) is 82.2 Å². The van der Waals surface area contributed by atoms with Crippen molar-refractivity contribution >= 4 is 22.8 Å². The maximum Gasteiger partial charge on any atom is 0.145 e. The number of rotatable bonds is 4. The predicted molar refractivity (Wildman–Crippen MR) is 138 cm³/mol. The molecule has 2 aromatic rings. The quantitative estimate of drug-likeness (QED) is 0.450. The topological polar surface area (TPSA) is 34.0 Å². The fourth-order valence-corrected chi connectivity index (χ4v) is 3.80. The molecule has 0 aliphatic carbocycles. The molecule has 3 nitrogen and oxygen atoms in total. The summed E-state index contributed by atoms with van der Waals surface area (Å²) >= 11 is 0. The number of allylic oxidation sites excluding steroid dienone is 4. The third-order valence-corrected chi connectivity index (χ3v) is 5.54. The second-order valence-electron chi connectivity index (χ2n) is 10.4. The van der Waals surface area contributed by atoms with Gasteiger partial charge in [-0.15, -0.1) is 0 Å². The Morgan fingerprint density at radius 2 is 1.03 bits per heavy atom. The van der Waals surface area contributed by atoms with Crippen LogP contribution in [0.3, 0.4) is 0 Å². The van der Waals surface area contributed by atoms with Crippen LogP contribution in [0.2, 0.25) is 0 Å². The Balaban J connectivity index is 1.86. The zero-order valence-electron chi connectivity index (χ0n) is 20.8. The van der Waals surface area contributed by atoms with Crippen LogP contribution < -0.4 is 0 Å². The van der Waals surface area contributed by atoms with Crippen molar-refractivity contribution in [2.45, 2.75) is 72.6 Å². The Kier molecular flexibility index (Phi) is 6.88. The van der Waals surface area contributed by atoms with E-state index in [1.807, 2.05) is 26.0 Å². The van der Waals surface area contributed by atoms with E-state index in [2.05, 4.69) is 90.1 Å². The van der Waals surface area contributed by atoms with Gasteiger partial charge in [-0.05, 0) is 66.5 Å². The highest BCUT2D eigenvalue weighted by atomic mass is 16.5. The van der Waals surface area contributed by atoms with Gasteiger partial charge >= 0.3 is 0 Å². The molecule has 168 valence electrons. The van der Waals surface area contributed by atoms with Crippen LogP contribution in [0.5, 0.6) is 0 Å². The zero-order valence-corrected chi connectivity index (χ0v) is 20.8. The molecule has 32 heavy (non-hydrogen) atoms. The van der Waals surface area contributed by atoms with Crippen LogP contribution in [0.25, 0.3) is 0 Å². The summed E-state index contributed by atoms with van der Waals surface area (Å²) in [5.41, 5.74) is 6.22. The summed E-state index contributed by atoms with van der Waals surface area (Å²) in [4.78, 5) is 9.86. The van der Waals surface area contributed by atoms with Crippen molar-refractivity contribution in [3.05, 3.63) is 83.3 Å². The van der Waals surface area contributed by atoms with Crippen molar-refractivity contribution in [3.8, 4) is 0 Å². The summed E-state index contributed by atoms with van der Waals surface area (Å²) in [6.45, 7) is 17.3. The molecule has 0 amide bonds. The third-order valence-electron chi connectivity index (χ3n) is 5.54. The monoisotopic (exact) mass is 428 g/mol. The largest absolute Gasteiger partial charge is 0.454 e. The first-order valence-corrected chi connectivity index (χ1v) is 11.4. The average molecular weight is 429 g/mol. The summed E-state index contributed by atoms with van der Waals surface area (Å²) in [5, 5.41) is 0. The van der Waals surface area contributed by atoms with Crippen molar-refractivity contribution in [1.82, 2.24) is 0 Å². The Labute approximate surface area is 193 Å². The summed E-state index contributed by atoms with van der Waals surface area (Å²) in [6, 6.07) is 16.6. The van der Waals surface area contributed by atoms with Crippen LogP contribution >= 0.6 is 0 Å². The summed E-state index contributed by atoms with van der Waals surface area (Å²) in [5.74, 6) is 1.59. The van der Waals surface area contributed by atoms with E-state index in [-0.39, 0.29) is 10.8 Å². The number of para-hydroxylation sites is 2. The molecular weight excluding hydrogens is 392 g/mol. The summed E-state index contributed by atoms with van der Waals surface area (Å²) < 4.78 is 6.27. The zero-order chi connectivity index (χ0) is 23.5. The van der Waals surface area contributed by atoms with E-state index in [4.69, 9.17) is 14.7 Å². The van der Waals surface area contributed by atoms with Gasteiger partial charge in [-0.3, -0.25) is 0 Å². The van der Waals surface area contributed by atoms with Gasteiger partial charge in [-0.25, -0.2) is 9.98 Å². The molecule has 3 heteroatoms. The molecule has 0 saturated carbocycles. The van der Waals surface area contributed by atoms with Crippen LogP contribution in [0, 0.1) is 0 Å². The standard InChI is InChI=1S/C29H36N2O/c1-20(30-24-16-11-9-14-22(24)28(3,4)5)26-18-13-19-27(32-26)21(2)31-25-17-12-10-15-23(25)29(6,7)8/h9-12,14-19H,13H2,1-8H3/b30-20+,31-21+. The highest BCUT2D eigenvalue weighted by Crippen LogP contribution is 2.33. The first-order valence-electron chi connectivity index (χ1n) is 11.4. The summed E-state index contributed by atoms with van der Waals surface area (Å²) in [7, 11) is 0. The average Bonchev–Trinajstić information content (AvgIpc) is 2.73. The molecule has 0 bridgehead atoms. The van der Waals surface area contributed by atoms with Crippen LogP contribution in [-0.4, -0.2) is 11.4 Å². The van der Waals surface area contributed by atoms with Gasteiger partial charge < -0.3 is 4.74 Å². The fraction of sp³-hybridized carbons (Fsp3) is 0.379. The molecule has 2 aromatic carbocycles. The van der Waals surface area contributed by atoms with Crippen LogP contribution in [0.4, 0.5) is 11.4 Å². The molecule has 0 saturated heterocycles. The van der Waals surface area contributed by atoms with Gasteiger partial charge in [0.05, 0.1) is 22.8 Å². The first kappa shape index (κ1) is 23.7.